The zero-order chi connectivity index (χ0) is 10.0. The van der Waals surface area contributed by atoms with Gasteiger partial charge in [0.15, 0.2) is 0 Å². The van der Waals surface area contributed by atoms with Gasteiger partial charge >= 0.3 is 0 Å². The van der Waals surface area contributed by atoms with Crippen LogP contribution in [0.25, 0.3) is 0 Å². The van der Waals surface area contributed by atoms with Crippen LogP contribution in [0.15, 0.2) is 0 Å². The van der Waals surface area contributed by atoms with E-state index in [0.29, 0.717) is 12.6 Å². The van der Waals surface area contributed by atoms with Crippen molar-refractivity contribution in [2.24, 2.45) is 5.92 Å². The van der Waals surface area contributed by atoms with Crippen molar-refractivity contribution < 1.29 is 9.84 Å². The summed E-state index contributed by atoms with van der Waals surface area (Å²) >= 11 is 0. The summed E-state index contributed by atoms with van der Waals surface area (Å²) in [5.41, 5.74) is -0.136. The summed E-state index contributed by atoms with van der Waals surface area (Å²) in [5, 5.41) is 13.0. The second-order valence-electron chi connectivity index (χ2n) is 4.90. The van der Waals surface area contributed by atoms with Crippen LogP contribution in [-0.2, 0) is 4.74 Å². The van der Waals surface area contributed by atoms with Gasteiger partial charge in [0.2, 0.25) is 0 Å². The van der Waals surface area contributed by atoms with E-state index in [-0.39, 0.29) is 12.1 Å². The molecule has 2 rings (SSSR count). The van der Waals surface area contributed by atoms with Crippen molar-refractivity contribution in [2.75, 3.05) is 19.8 Å². The monoisotopic (exact) mass is 199 g/mol. The largest absolute Gasteiger partial charge is 0.394 e. The number of rotatable bonds is 3. The Bertz CT molecular complexity index is 190. The Hall–Kier alpha value is -0.120. The summed E-state index contributed by atoms with van der Waals surface area (Å²) in [6.45, 7) is 3.96. The summed E-state index contributed by atoms with van der Waals surface area (Å²) in [5.74, 6) is 0.749. The van der Waals surface area contributed by atoms with E-state index in [4.69, 9.17) is 4.74 Å². The molecular weight excluding hydrogens is 178 g/mol. The van der Waals surface area contributed by atoms with Crippen LogP contribution in [0.3, 0.4) is 0 Å². The van der Waals surface area contributed by atoms with Gasteiger partial charge in [-0.15, -0.1) is 0 Å². The van der Waals surface area contributed by atoms with E-state index in [9.17, 15) is 5.11 Å². The second kappa shape index (κ2) is 4.17. The van der Waals surface area contributed by atoms with E-state index in [1.807, 2.05) is 0 Å². The lowest BCUT2D eigenvalue weighted by Gasteiger charge is -2.32. The molecule has 0 radical (unpaired) electrons. The van der Waals surface area contributed by atoms with Crippen LogP contribution in [-0.4, -0.2) is 36.5 Å². The highest BCUT2D eigenvalue weighted by Gasteiger charge is 2.38. The van der Waals surface area contributed by atoms with Gasteiger partial charge in [0.25, 0.3) is 0 Å². The molecule has 0 aromatic carbocycles. The smallest absolute Gasteiger partial charge is 0.0675 e. The van der Waals surface area contributed by atoms with Crippen molar-refractivity contribution in [3.05, 3.63) is 0 Å². The van der Waals surface area contributed by atoms with E-state index in [2.05, 4.69) is 12.2 Å². The van der Waals surface area contributed by atoms with Crippen LogP contribution in [0, 0.1) is 5.92 Å². The normalized spacial score (nSPS) is 43.3. The molecule has 1 aliphatic carbocycles. The van der Waals surface area contributed by atoms with Gasteiger partial charge in [-0.25, -0.2) is 0 Å². The van der Waals surface area contributed by atoms with Gasteiger partial charge < -0.3 is 15.2 Å². The maximum atomic E-state index is 9.42. The molecule has 2 N–H and O–H groups in total. The highest BCUT2D eigenvalue weighted by atomic mass is 16.5. The predicted molar refractivity (Wildman–Crippen MR) is 55.2 cm³/mol. The number of hydrogen-bond donors (Lipinski definition) is 2. The Morgan fingerprint density at radius 1 is 1.50 bits per heavy atom. The van der Waals surface area contributed by atoms with Crippen LogP contribution in [0.4, 0.5) is 0 Å². The van der Waals surface area contributed by atoms with Gasteiger partial charge in [0.1, 0.15) is 0 Å². The number of hydrogen-bond acceptors (Lipinski definition) is 3. The lowest BCUT2D eigenvalue weighted by atomic mass is 9.96. The fourth-order valence-corrected chi connectivity index (χ4v) is 2.64. The standard InChI is InChI=1S/C11H21NO2/c1-9-3-2-4-10(9)12-11(7-13)5-6-14-8-11/h9-10,12-13H,2-8H2,1H3. The first-order valence-corrected chi connectivity index (χ1v) is 5.72. The molecule has 0 amide bonds. The molecule has 2 fully saturated rings. The Morgan fingerprint density at radius 3 is 2.86 bits per heavy atom. The van der Waals surface area contributed by atoms with E-state index < -0.39 is 0 Å². The fraction of sp³-hybridized carbons (Fsp3) is 1.00. The summed E-state index contributed by atoms with van der Waals surface area (Å²) in [6, 6.07) is 0.587. The van der Waals surface area contributed by atoms with Crippen molar-refractivity contribution in [2.45, 2.75) is 44.2 Å². The third-order valence-electron chi connectivity index (χ3n) is 3.76. The third kappa shape index (κ3) is 1.95. The number of nitrogens with one attached hydrogen (secondary N) is 1. The first kappa shape index (κ1) is 10.4. The van der Waals surface area contributed by atoms with Gasteiger partial charge in [-0.05, 0) is 25.2 Å². The molecule has 0 aromatic heterocycles. The first-order valence-electron chi connectivity index (χ1n) is 5.72. The fourth-order valence-electron chi connectivity index (χ4n) is 2.64. The Balaban J connectivity index is 1.93. The SMILES string of the molecule is CC1CCCC1NC1(CO)CCOC1. The summed E-state index contributed by atoms with van der Waals surface area (Å²) in [7, 11) is 0. The van der Waals surface area contributed by atoms with Gasteiger partial charge in [0.05, 0.1) is 18.8 Å². The van der Waals surface area contributed by atoms with Crippen molar-refractivity contribution in [3.63, 3.8) is 0 Å². The molecule has 0 aromatic rings. The molecule has 1 saturated carbocycles. The maximum Gasteiger partial charge on any atom is 0.0675 e. The second-order valence-corrected chi connectivity index (χ2v) is 4.90. The van der Waals surface area contributed by atoms with Crippen LogP contribution < -0.4 is 5.32 Å². The van der Waals surface area contributed by atoms with Gasteiger partial charge in [0, 0.05) is 12.6 Å². The predicted octanol–water partition coefficient (Wildman–Crippen LogP) is 0.916. The molecule has 1 saturated heterocycles. The lowest BCUT2D eigenvalue weighted by Crippen LogP contribution is -2.54. The minimum atomic E-state index is -0.136. The quantitative estimate of drug-likeness (QED) is 0.710. The Morgan fingerprint density at radius 2 is 2.36 bits per heavy atom. The van der Waals surface area contributed by atoms with Crippen molar-refractivity contribution in [3.8, 4) is 0 Å². The van der Waals surface area contributed by atoms with Crippen LogP contribution in [0.1, 0.15) is 32.6 Å². The molecule has 82 valence electrons. The highest BCUT2D eigenvalue weighted by molar-refractivity contribution is 4.96. The molecule has 3 unspecified atom stereocenters. The van der Waals surface area contributed by atoms with E-state index in [0.717, 1.165) is 18.9 Å². The lowest BCUT2D eigenvalue weighted by molar-refractivity contribution is 0.108. The molecule has 2 aliphatic rings. The molecule has 3 heteroatoms. The molecule has 0 spiro atoms. The highest BCUT2D eigenvalue weighted by Crippen LogP contribution is 2.28. The Kier molecular flexibility index (Phi) is 3.10. The molecule has 3 atom stereocenters. The Labute approximate surface area is 85.8 Å². The molecule has 14 heavy (non-hydrogen) atoms. The molecule has 3 nitrogen and oxygen atoms in total. The average molecular weight is 199 g/mol. The third-order valence-corrected chi connectivity index (χ3v) is 3.76. The molecular formula is C11H21NO2. The molecule has 1 aliphatic heterocycles. The average Bonchev–Trinajstić information content (AvgIpc) is 2.79. The zero-order valence-electron chi connectivity index (χ0n) is 8.96. The maximum absolute atomic E-state index is 9.42. The summed E-state index contributed by atoms with van der Waals surface area (Å²) < 4.78 is 5.37. The first-order chi connectivity index (χ1) is 6.76. The zero-order valence-corrected chi connectivity index (χ0v) is 8.96. The molecule has 1 heterocycles. The van der Waals surface area contributed by atoms with Gasteiger partial charge in [-0.1, -0.05) is 13.3 Å². The van der Waals surface area contributed by atoms with Crippen LogP contribution in [0.2, 0.25) is 0 Å². The topological polar surface area (TPSA) is 41.5 Å². The molecule has 0 bridgehead atoms. The number of ether oxygens (including phenoxy) is 1. The van der Waals surface area contributed by atoms with E-state index in [1.54, 1.807) is 0 Å². The minimum absolute atomic E-state index is 0.136. The van der Waals surface area contributed by atoms with Crippen molar-refractivity contribution >= 4 is 0 Å². The van der Waals surface area contributed by atoms with Gasteiger partial charge in [-0.2, -0.15) is 0 Å². The summed E-state index contributed by atoms with van der Waals surface area (Å²) in [4.78, 5) is 0. The minimum Gasteiger partial charge on any atom is -0.394 e. The van der Waals surface area contributed by atoms with Crippen LogP contribution >= 0.6 is 0 Å². The number of aliphatic hydroxyl groups is 1. The van der Waals surface area contributed by atoms with Crippen molar-refractivity contribution in [1.29, 1.82) is 0 Å². The van der Waals surface area contributed by atoms with Crippen molar-refractivity contribution in [1.82, 2.24) is 5.32 Å². The van der Waals surface area contributed by atoms with E-state index >= 15 is 0 Å². The number of aliphatic hydroxyl groups excluding tert-OH is 1. The van der Waals surface area contributed by atoms with E-state index in [1.165, 1.54) is 19.3 Å². The van der Waals surface area contributed by atoms with Gasteiger partial charge in [-0.3, -0.25) is 0 Å². The van der Waals surface area contributed by atoms with Crippen LogP contribution in [0.5, 0.6) is 0 Å². The summed E-state index contributed by atoms with van der Waals surface area (Å²) in [6.07, 6.45) is 4.84.